The van der Waals surface area contributed by atoms with E-state index in [-0.39, 0.29) is 0 Å². The van der Waals surface area contributed by atoms with E-state index in [4.69, 9.17) is 9.47 Å². The average Bonchev–Trinajstić information content (AvgIpc) is 2.66. The minimum atomic E-state index is -0.600. The molecule has 0 saturated heterocycles. The highest BCUT2D eigenvalue weighted by Gasteiger charge is 2.19. The van der Waals surface area contributed by atoms with E-state index in [9.17, 15) is 9.59 Å². The van der Waals surface area contributed by atoms with Crippen molar-refractivity contribution in [2.24, 2.45) is 0 Å². The maximum atomic E-state index is 12.2. The van der Waals surface area contributed by atoms with Crippen molar-refractivity contribution in [3.8, 4) is 11.1 Å². The van der Waals surface area contributed by atoms with Gasteiger partial charge in [0.2, 0.25) is 0 Å². The van der Waals surface area contributed by atoms with E-state index in [1.165, 1.54) is 6.08 Å². The van der Waals surface area contributed by atoms with Crippen molar-refractivity contribution in [3.05, 3.63) is 72.3 Å². The number of rotatable bonds is 7. The second kappa shape index (κ2) is 10.5. The topological polar surface area (TPSA) is 64.6 Å². The van der Waals surface area contributed by atoms with Crippen molar-refractivity contribution in [1.29, 1.82) is 0 Å². The highest BCUT2D eigenvalue weighted by Crippen LogP contribution is 2.20. The van der Waals surface area contributed by atoms with Crippen LogP contribution in [0.2, 0.25) is 0 Å². The van der Waals surface area contributed by atoms with E-state index in [1.54, 1.807) is 33.8 Å². The van der Waals surface area contributed by atoms with Gasteiger partial charge in [0.1, 0.15) is 5.60 Å². The Morgan fingerprint density at radius 2 is 1.62 bits per heavy atom. The standard InChI is InChI=1S/C24H29NO4/c1-5-28-22(26)16-15-21(25-23(27)29-24(2,3)4)17-18-11-13-20(14-12-18)19-9-7-6-8-10-19/h6-16,21H,5,17H2,1-4H3,(H,25,27)/b16-15+/t21-/m1/s1. The molecule has 5 nitrogen and oxygen atoms in total. The normalized spacial score (nSPS) is 12.4. The molecule has 0 aromatic heterocycles. The van der Waals surface area contributed by atoms with Gasteiger partial charge in [-0.15, -0.1) is 0 Å². The molecule has 0 fully saturated rings. The van der Waals surface area contributed by atoms with Crippen LogP contribution in [0.1, 0.15) is 33.3 Å². The largest absolute Gasteiger partial charge is 0.463 e. The molecule has 1 amide bonds. The van der Waals surface area contributed by atoms with Crippen LogP contribution in [-0.2, 0) is 20.7 Å². The summed E-state index contributed by atoms with van der Waals surface area (Å²) in [4.78, 5) is 23.8. The summed E-state index contributed by atoms with van der Waals surface area (Å²) in [7, 11) is 0. The van der Waals surface area contributed by atoms with Gasteiger partial charge in [-0.25, -0.2) is 9.59 Å². The third-order valence-electron chi connectivity index (χ3n) is 3.97. The van der Waals surface area contributed by atoms with Crippen LogP contribution in [0.15, 0.2) is 66.7 Å². The lowest BCUT2D eigenvalue weighted by atomic mass is 10.0. The van der Waals surface area contributed by atoms with Gasteiger partial charge in [-0.05, 0) is 50.8 Å². The van der Waals surface area contributed by atoms with Crippen molar-refractivity contribution in [2.45, 2.75) is 45.8 Å². The Kier molecular flexibility index (Phi) is 8.01. The van der Waals surface area contributed by atoms with E-state index in [2.05, 4.69) is 17.4 Å². The highest BCUT2D eigenvalue weighted by molar-refractivity contribution is 5.82. The summed E-state index contributed by atoms with van der Waals surface area (Å²) < 4.78 is 10.3. The van der Waals surface area contributed by atoms with E-state index in [0.29, 0.717) is 13.0 Å². The molecular formula is C24H29NO4. The first-order valence-corrected chi connectivity index (χ1v) is 9.75. The number of hydrogen-bond acceptors (Lipinski definition) is 4. The molecule has 0 spiro atoms. The molecule has 29 heavy (non-hydrogen) atoms. The maximum Gasteiger partial charge on any atom is 0.408 e. The molecule has 1 atom stereocenters. The third kappa shape index (κ3) is 8.21. The molecule has 0 saturated carbocycles. The van der Waals surface area contributed by atoms with Gasteiger partial charge in [0, 0.05) is 6.08 Å². The second-order valence-electron chi connectivity index (χ2n) is 7.63. The lowest BCUT2D eigenvalue weighted by molar-refractivity contribution is -0.137. The van der Waals surface area contributed by atoms with Gasteiger partial charge in [-0.3, -0.25) is 0 Å². The van der Waals surface area contributed by atoms with Gasteiger partial charge >= 0.3 is 12.1 Å². The fraction of sp³-hybridized carbons (Fsp3) is 0.333. The van der Waals surface area contributed by atoms with E-state index >= 15 is 0 Å². The van der Waals surface area contributed by atoms with Crippen LogP contribution in [0.5, 0.6) is 0 Å². The van der Waals surface area contributed by atoms with Crippen LogP contribution in [0.3, 0.4) is 0 Å². The van der Waals surface area contributed by atoms with Gasteiger partial charge in [0.15, 0.2) is 0 Å². The molecule has 0 unspecified atom stereocenters. The minimum absolute atomic E-state index is 0.300. The Morgan fingerprint density at radius 3 is 2.21 bits per heavy atom. The molecular weight excluding hydrogens is 366 g/mol. The summed E-state index contributed by atoms with van der Waals surface area (Å²) in [5, 5.41) is 2.81. The molecule has 0 aliphatic rings. The summed E-state index contributed by atoms with van der Waals surface area (Å²) in [6.07, 6.45) is 2.96. The van der Waals surface area contributed by atoms with Crippen molar-refractivity contribution in [3.63, 3.8) is 0 Å². The molecule has 1 N–H and O–H groups in total. The Balaban J connectivity index is 2.11. The third-order valence-corrected chi connectivity index (χ3v) is 3.97. The summed E-state index contributed by atoms with van der Waals surface area (Å²) in [6.45, 7) is 7.46. The average molecular weight is 395 g/mol. The Bertz CT molecular complexity index is 820. The summed E-state index contributed by atoms with van der Waals surface area (Å²) in [5.41, 5.74) is 2.69. The van der Waals surface area contributed by atoms with Crippen molar-refractivity contribution >= 4 is 12.1 Å². The maximum absolute atomic E-state index is 12.2. The van der Waals surface area contributed by atoms with Crippen LogP contribution in [0, 0.1) is 0 Å². The fourth-order valence-electron chi connectivity index (χ4n) is 2.73. The van der Waals surface area contributed by atoms with E-state index < -0.39 is 23.7 Å². The predicted octanol–water partition coefficient (Wildman–Crippen LogP) is 4.91. The first-order valence-electron chi connectivity index (χ1n) is 9.75. The molecule has 2 aromatic carbocycles. The van der Waals surface area contributed by atoms with Crippen molar-refractivity contribution in [2.75, 3.05) is 6.61 Å². The number of alkyl carbamates (subject to hydrolysis) is 1. The van der Waals surface area contributed by atoms with E-state index in [1.807, 2.05) is 42.5 Å². The quantitative estimate of drug-likeness (QED) is 0.534. The van der Waals surface area contributed by atoms with E-state index in [0.717, 1.165) is 16.7 Å². The molecule has 2 aromatic rings. The number of ether oxygens (including phenoxy) is 2. The lowest BCUT2D eigenvalue weighted by Gasteiger charge is -2.22. The number of nitrogens with one attached hydrogen (secondary N) is 1. The Labute approximate surface area is 172 Å². The number of carbonyl (C=O) groups is 2. The van der Waals surface area contributed by atoms with Crippen molar-refractivity contribution in [1.82, 2.24) is 5.32 Å². The summed E-state index contributed by atoms with van der Waals surface area (Å²) >= 11 is 0. The van der Waals surface area contributed by atoms with Crippen LogP contribution >= 0.6 is 0 Å². The predicted molar refractivity (Wildman–Crippen MR) is 115 cm³/mol. The minimum Gasteiger partial charge on any atom is -0.463 e. The zero-order chi connectivity index (χ0) is 21.3. The molecule has 154 valence electrons. The van der Waals surface area contributed by atoms with Gasteiger partial charge in [-0.2, -0.15) is 0 Å². The van der Waals surface area contributed by atoms with Gasteiger partial charge in [0.05, 0.1) is 12.6 Å². The number of carbonyl (C=O) groups excluding carboxylic acids is 2. The van der Waals surface area contributed by atoms with Crippen molar-refractivity contribution < 1.29 is 19.1 Å². The Hall–Kier alpha value is -3.08. The molecule has 5 heteroatoms. The van der Waals surface area contributed by atoms with Gasteiger partial charge in [-0.1, -0.05) is 60.7 Å². The number of amides is 1. The Morgan fingerprint density at radius 1 is 1.00 bits per heavy atom. The molecule has 0 bridgehead atoms. The second-order valence-corrected chi connectivity index (χ2v) is 7.63. The smallest absolute Gasteiger partial charge is 0.408 e. The van der Waals surface area contributed by atoms with Crippen LogP contribution in [-0.4, -0.2) is 30.3 Å². The van der Waals surface area contributed by atoms with Gasteiger partial charge in [0.25, 0.3) is 0 Å². The molecule has 0 aliphatic heterocycles. The van der Waals surface area contributed by atoms with Crippen LogP contribution in [0.25, 0.3) is 11.1 Å². The fourth-order valence-corrected chi connectivity index (χ4v) is 2.73. The van der Waals surface area contributed by atoms with Gasteiger partial charge < -0.3 is 14.8 Å². The highest BCUT2D eigenvalue weighted by atomic mass is 16.6. The molecule has 0 aliphatic carbocycles. The first-order chi connectivity index (χ1) is 13.8. The zero-order valence-electron chi connectivity index (χ0n) is 17.5. The number of hydrogen-bond donors (Lipinski definition) is 1. The summed E-state index contributed by atoms with van der Waals surface area (Å²) in [5.74, 6) is -0.442. The molecule has 0 heterocycles. The first kappa shape index (κ1) is 22.2. The number of benzene rings is 2. The lowest BCUT2D eigenvalue weighted by Crippen LogP contribution is -2.39. The SMILES string of the molecule is CCOC(=O)/C=C/[C@H](Cc1ccc(-c2ccccc2)cc1)NC(=O)OC(C)(C)C. The number of esters is 1. The van der Waals surface area contributed by atoms with Crippen LogP contribution in [0.4, 0.5) is 4.79 Å². The monoisotopic (exact) mass is 395 g/mol. The molecule has 2 rings (SSSR count). The van der Waals surface area contributed by atoms with Crippen LogP contribution < -0.4 is 5.32 Å². The summed E-state index contributed by atoms with van der Waals surface area (Å²) in [6, 6.07) is 17.8. The molecule has 0 radical (unpaired) electrons. The zero-order valence-corrected chi connectivity index (χ0v) is 17.5.